The fourth-order valence-corrected chi connectivity index (χ4v) is 4.01. The van der Waals surface area contributed by atoms with Gasteiger partial charge in [0.2, 0.25) is 11.8 Å². The van der Waals surface area contributed by atoms with Gasteiger partial charge in [-0.15, -0.1) is 0 Å². The minimum Gasteiger partial charge on any atom is -0.497 e. The van der Waals surface area contributed by atoms with Crippen LogP contribution in [0, 0.1) is 12.8 Å². The van der Waals surface area contributed by atoms with Crippen LogP contribution in [0.1, 0.15) is 17.5 Å². The molecule has 7 heteroatoms. The van der Waals surface area contributed by atoms with Crippen LogP contribution in [0.2, 0.25) is 5.02 Å². The highest BCUT2D eigenvalue weighted by Gasteiger charge is 2.35. The van der Waals surface area contributed by atoms with Crippen LogP contribution in [0.4, 0.5) is 5.69 Å². The number of aromatic amines is 1. The highest BCUT2D eigenvalue weighted by molar-refractivity contribution is 6.31. The number of anilines is 1. The van der Waals surface area contributed by atoms with E-state index >= 15 is 0 Å². The van der Waals surface area contributed by atoms with Crippen LogP contribution < -0.4 is 15.0 Å². The summed E-state index contributed by atoms with van der Waals surface area (Å²) in [4.78, 5) is 30.0. The number of carbonyl (C=O) groups is 2. The van der Waals surface area contributed by atoms with Crippen LogP contribution in [-0.4, -0.2) is 37.0 Å². The summed E-state index contributed by atoms with van der Waals surface area (Å²) < 4.78 is 5.30. The molecule has 1 fully saturated rings. The molecular formula is C23H24ClN3O3. The zero-order chi connectivity index (χ0) is 21.3. The van der Waals surface area contributed by atoms with E-state index < -0.39 is 0 Å². The zero-order valence-electron chi connectivity index (χ0n) is 17.0. The number of benzene rings is 2. The summed E-state index contributed by atoms with van der Waals surface area (Å²) in [7, 11) is 1.64. The topological polar surface area (TPSA) is 74.4 Å². The zero-order valence-corrected chi connectivity index (χ0v) is 17.8. The Balaban J connectivity index is 1.36. The number of halogens is 1. The summed E-state index contributed by atoms with van der Waals surface area (Å²) >= 11 is 6.19. The van der Waals surface area contributed by atoms with E-state index in [1.54, 1.807) is 18.1 Å². The second-order valence-electron chi connectivity index (χ2n) is 7.61. The highest BCUT2D eigenvalue weighted by Crippen LogP contribution is 2.29. The molecule has 1 aliphatic rings. The number of amides is 2. The van der Waals surface area contributed by atoms with E-state index in [1.807, 2.05) is 43.5 Å². The number of rotatable bonds is 6. The third-order valence-corrected chi connectivity index (χ3v) is 6.04. The maximum Gasteiger partial charge on any atom is 0.227 e. The van der Waals surface area contributed by atoms with Crippen LogP contribution in [0.15, 0.2) is 42.6 Å². The van der Waals surface area contributed by atoms with Crippen molar-refractivity contribution in [3.63, 3.8) is 0 Å². The molecule has 2 heterocycles. The van der Waals surface area contributed by atoms with Gasteiger partial charge in [0.05, 0.1) is 13.0 Å². The van der Waals surface area contributed by atoms with Gasteiger partial charge < -0.3 is 19.9 Å². The molecule has 6 nitrogen and oxygen atoms in total. The first-order chi connectivity index (χ1) is 14.5. The van der Waals surface area contributed by atoms with Crippen LogP contribution in [-0.2, 0) is 16.0 Å². The molecule has 2 amide bonds. The Morgan fingerprint density at radius 1 is 1.30 bits per heavy atom. The first kappa shape index (κ1) is 20.3. The lowest BCUT2D eigenvalue weighted by molar-refractivity contribution is -0.126. The summed E-state index contributed by atoms with van der Waals surface area (Å²) in [6, 6.07) is 11.4. The molecule has 4 rings (SSSR count). The van der Waals surface area contributed by atoms with Crippen LogP contribution >= 0.6 is 11.6 Å². The molecule has 3 aromatic rings. The van der Waals surface area contributed by atoms with Gasteiger partial charge in [0, 0.05) is 47.3 Å². The number of nitrogens with zero attached hydrogens (tertiary/aromatic N) is 1. The first-order valence-electron chi connectivity index (χ1n) is 9.94. The molecule has 156 valence electrons. The number of hydrogen-bond acceptors (Lipinski definition) is 3. The number of H-pyrrole nitrogens is 1. The van der Waals surface area contributed by atoms with Gasteiger partial charge in [0.1, 0.15) is 5.75 Å². The molecule has 2 N–H and O–H groups in total. The molecule has 1 atom stereocenters. The van der Waals surface area contributed by atoms with Crippen LogP contribution in [0.3, 0.4) is 0 Å². The van der Waals surface area contributed by atoms with Crippen molar-refractivity contribution in [1.82, 2.24) is 10.3 Å². The molecule has 0 radical (unpaired) electrons. The summed E-state index contributed by atoms with van der Waals surface area (Å²) in [6.07, 6.45) is 2.86. The molecule has 0 saturated carbocycles. The van der Waals surface area contributed by atoms with E-state index in [9.17, 15) is 9.59 Å². The number of aromatic nitrogens is 1. The number of ether oxygens (including phenoxy) is 1. The van der Waals surface area contributed by atoms with E-state index in [4.69, 9.17) is 16.3 Å². The summed E-state index contributed by atoms with van der Waals surface area (Å²) in [6.45, 7) is 2.79. The van der Waals surface area contributed by atoms with Crippen molar-refractivity contribution in [1.29, 1.82) is 0 Å². The minimum atomic E-state index is -0.361. The lowest BCUT2D eigenvalue weighted by Crippen LogP contribution is -2.34. The third-order valence-electron chi connectivity index (χ3n) is 5.63. The molecule has 0 spiro atoms. The smallest absolute Gasteiger partial charge is 0.227 e. The van der Waals surface area contributed by atoms with Crippen molar-refractivity contribution in [2.24, 2.45) is 5.92 Å². The van der Waals surface area contributed by atoms with Gasteiger partial charge >= 0.3 is 0 Å². The van der Waals surface area contributed by atoms with Crippen molar-refractivity contribution in [3.8, 4) is 5.75 Å². The molecule has 1 unspecified atom stereocenters. The number of hydrogen-bond donors (Lipinski definition) is 2. The fraction of sp³-hybridized carbons (Fsp3) is 0.304. The van der Waals surface area contributed by atoms with Gasteiger partial charge in [-0.05, 0) is 54.8 Å². The highest BCUT2D eigenvalue weighted by atomic mass is 35.5. The Kier molecular flexibility index (Phi) is 5.68. The number of nitrogens with one attached hydrogen (secondary N) is 2. The Morgan fingerprint density at radius 2 is 2.13 bits per heavy atom. The Bertz CT molecular complexity index is 1110. The Morgan fingerprint density at radius 3 is 2.90 bits per heavy atom. The average molecular weight is 426 g/mol. The van der Waals surface area contributed by atoms with Crippen molar-refractivity contribution < 1.29 is 14.3 Å². The first-order valence-corrected chi connectivity index (χ1v) is 10.3. The fourth-order valence-electron chi connectivity index (χ4n) is 3.84. The van der Waals surface area contributed by atoms with Crippen molar-refractivity contribution in [2.75, 3.05) is 25.1 Å². The number of carbonyl (C=O) groups excluding carboxylic acids is 2. The number of aryl methyl sites for hydroxylation is 1. The van der Waals surface area contributed by atoms with E-state index in [1.165, 1.54) is 0 Å². The quantitative estimate of drug-likeness (QED) is 0.630. The molecule has 1 saturated heterocycles. The second-order valence-corrected chi connectivity index (χ2v) is 8.01. The molecule has 1 aromatic heterocycles. The monoisotopic (exact) mass is 425 g/mol. The normalized spacial score (nSPS) is 16.3. The molecular weight excluding hydrogens is 402 g/mol. The summed E-state index contributed by atoms with van der Waals surface area (Å²) in [5.74, 6) is 0.286. The van der Waals surface area contributed by atoms with Crippen molar-refractivity contribution >= 4 is 40.0 Å². The van der Waals surface area contributed by atoms with E-state index in [0.717, 1.165) is 33.5 Å². The van der Waals surface area contributed by atoms with Crippen LogP contribution in [0.25, 0.3) is 10.9 Å². The third kappa shape index (κ3) is 4.00. The minimum absolute atomic E-state index is 0.0567. The predicted octanol–water partition coefficient (Wildman–Crippen LogP) is 3.85. The second kappa shape index (κ2) is 8.40. The standard InChI is InChI=1S/C23H24ClN3O3/c1-14-3-4-17(10-20(14)24)27-13-16(9-22(27)28)23(29)25-8-7-15-12-26-21-6-5-18(30-2)11-19(15)21/h3-6,10-12,16,26H,7-9,13H2,1-2H3,(H,25,29). The maximum atomic E-state index is 12.6. The van der Waals surface area contributed by atoms with Crippen molar-refractivity contribution in [2.45, 2.75) is 19.8 Å². The SMILES string of the molecule is COc1ccc2[nH]cc(CCNC(=O)C3CC(=O)N(c4ccc(C)c(Cl)c4)C3)c2c1. The molecule has 1 aliphatic heterocycles. The van der Waals surface area contributed by atoms with Gasteiger partial charge in [-0.2, -0.15) is 0 Å². The van der Waals surface area contributed by atoms with E-state index in [-0.39, 0.29) is 24.2 Å². The van der Waals surface area contributed by atoms with Gasteiger partial charge in [0.15, 0.2) is 0 Å². The number of fused-ring (bicyclic) bond motifs is 1. The van der Waals surface area contributed by atoms with E-state index in [0.29, 0.717) is 24.5 Å². The van der Waals surface area contributed by atoms with E-state index in [2.05, 4.69) is 10.3 Å². The summed E-state index contributed by atoms with van der Waals surface area (Å²) in [5, 5.41) is 4.68. The lowest BCUT2D eigenvalue weighted by Gasteiger charge is -2.17. The predicted molar refractivity (Wildman–Crippen MR) is 118 cm³/mol. The lowest BCUT2D eigenvalue weighted by atomic mass is 10.1. The van der Waals surface area contributed by atoms with Crippen LogP contribution in [0.5, 0.6) is 5.75 Å². The van der Waals surface area contributed by atoms with Gasteiger partial charge in [-0.1, -0.05) is 17.7 Å². The molecule has 0 aliphatic carbocycles. The maximum absolute atomic E-state index is 12.6. The van der Waals surface area contributed by atoms with Gasteiger partial charge in [-0.25, -0.2) is 0 Å². The molecule has 2 aromatic carbocycles. The Labute approximate surface area is 180 Å². The Hall–Kier alpha value is -2.99. The number of methoxy groups -OCH3 is 1. The molecule has 0 bridgehead atoms. The van der Waals surface area contributed by atoms with Gasteiger partial charge in [0.25, 0.3) is 0 Å². The van der Waals surface area contributed by atoms with Gasteiger partial charge in [-0.3, -0.25) is 9.59 Å². The summed E-state index contributed by atoms with van der Waals surface area (Å²) in [5.41, 5.74) is 3.84. The van der Waals surface area contributed by atoms with Crippen molar-refractivity contribution in [3.05, 3.63) is 58.7 Å². The largest absolute Gasteiger partial charge is 0.497 e. The molecule has 30 heavy (non-hydrogen) atoms. The average Bonchev–Trinajstić information content (AvgIpc) is 3.33.